The number of Topliss-reactive ketones (excluding diaryl/α,β-unsaturated/α-hetero) is 2. The number of aryl methyl sites for hydroxylation is 1. The number of benzene rings is 2. The molecule has 0 fully saturated rings. The van der Waals surface area contributed by atoms with E-state index in [9.17, 15) is 18.0 Å². The quantitative estimate of drug-likeness (QED) is 0.558. The highest BCUT2D eigenvalue weighted by atomic mass is 32.2. The van der Waals surface area contributed by atoms with Crippen molar-refractivity contribution in [2.45, 2.75) is 63.2 Å². The van der Waals surface area contributed by atoms with E-state index in [2.05, 4.69) is 5.32 Å². The maximum absolute atomic E-state index is 13.1. The monoisotopic (exact) mass is 507 g/mol. The van der Waals surface area contributed by atoms with Crippen LogP contribution in [0.25, 0.3) is 0 Å². The molecule has 0 atom stereocenters. The predicted molar refractivity (Wildman–Crippen MR) is 134 cm³/mol. The van der Waals surface area contributed by atoms with Gasteiger partial charge in [0, 0.05) is 41.3 Å². The minimum absolute atomic E-state index is 0.0407. The molecule has 5 rings (SSSR count). The zero-order chi connectivity index (χ0) is 25.4. The number of nitrogens with one attached hydrogen (secondary N) is 1. The summed E-state index contributed by atoms with van der Waals surface area (Å²) in [5.41, 5.74) is 4.71. The summed E-state index contributed by atoms with van der Waals surface area (Å²) in [6.07, 6.45) is 3.97. The topological polar surface area (TPSA) is 98.8 Å². The number of rotatable bonds is 6. The lowest BCUT2D eigenvalue weighted by molar-refractivity contribution is -0.117. The Morgan fingerprint density at radius 2 is 1.47 bits per heavy atom. The first-order valence-corrected chi connectivity index (χ1v) is 13.8. The van der Waals surface area contributed by atoms with Gasteiger partial charge < -0.3 is 14.2 Å². The van der Waals surface area contributed by atoms with Gasteiger partial charge in [0.25, 0.3) is 0 Å². The lowest BCUT2D eigenvalue weighted by Crippen LogP contribution is -2.36. The first-order valence-electron chi connectivity index (χ1n) is 12.4. The molecule has 8 heteroatoms. The lowest BCUT2D eigenvalue weighted by Gasteiger charge is -2.37. The van der Waals surface area contributed by atoms with Crippen LogP contribution in [0.3, 0.4) is 0 Å². The van der Waals surface area contributed by atoms with Gasteiger partial charge in [-0.3, -0.25) is 9.59 Å². The molecule has 36 heavy (non-hydrogen) atoms. The van der Waals surface area contributed by atoms with Crippen LogP contribution in [-0.4, -0.2) is 26.6 Å². The van der Waals surface area contributed by atoms with E-state index < -0.39 is 16.0 Å². The Hall–Kier alpha value is -3.39. The molecular formula is C28H29NO6S. The number of carbonyl (C=O) groups excluding carboxylic acids is 2. The largest absolute Gasteiger partial charge is 0.490 e. The fourth-order valence-corrected chi connectivity index (χ4v) is 6.17. The second-order valence-electron chi connectivity index (χ2n) is 9.39. The van der Waals surface area contributed by atoms with Crippen LogP contribution >= 0.6 is 0 Å². The van der Waals surface area contributed by atoms with E-state index in [1.807, 2.05) is 6.92 Å². The Balaban J connectivity index is 1.58. The van der Waals surface area contributed by atoms with E-state index in [0.29, 0.717) is 29.6 Å². The number of dihydropyridines is 1. The average Bonchev–Trinajstić information content (AvgIpc) is 2.84. The predicted octanol–water partition coefficient (Wildman–Crippen LogP) is 4.86. The van der Waals surface area contributed by atoms with E-state index in [1.165, 1.54) is 12.1 Å². The average molecular weight is 508 g/mol. The molecule has 1 N–H and O–H groups in total. The number of hydrogen-bond donors (Lipinski definition) is 1. The minimum atomic E-state index is -4.08. The van der Waals surface area contributed by atoms with Gasteiger partial charge in [-0.1, -0.05) is 23.8 Å². The van der Waals surface area contributed by atoms with Gasteiger partial charge in [-0.15, -0.1) is 0 Å². The van der Waals surface area contributed by atoms with Gasteiger partial charge in [-0.2, -0.15) is 8.42 Å². The zero-order valence-corrected chi connectivity index (χ0v) is 21.2. The van der Waals surface area contributed by atoms with Crippen molar-refractivity contribution in [3.8, 4) is 11.5 Å². The molecule has 0 aromatic heterocycles. The van der Waals surface area contributed by atoms with E-state index >= 15 is 0 Å². The minimum Gasteiger partial charge on any atom is -0.490 e. The smallest absolute Gasteiger partial charge is 0.339 e. The van der Waals surface area contributed by atoms with Crippen molar-refractivity contribution in [2.24, 2.45) is 0 Å². The van der Waals surface area contributed by atoms with Gasteiger partial charge in [-0.25, -0.2) is 0 Å². The number of ether oxygens (including phenoxy) is 1. The molecule has 7 nitrogen and oxygen atoms in total. The second kappa shape index (κ2) is 9.58. The molecule has 2 aromatic rings. The standard InChI is InChI=1S/C28H29NO6S/c1-3-34-25-16-18(12-15-24(25)35-36(32,33)19-13-10-17(2)11-14-19)26-27-20(6-4-8-22(27)30)29-21-7-5-9-23(31)28(21)26/h10-16,26,29H,3-9H2,1-2H3. The van der Waals surface area contributed by atoms with Crippen LogP contribution in [0.15, 0.2) is 69.9 Å². The summed E-state index contributed by atoms with van der Waals surface area (Å²) in [6, 6.07) is 11.4. The van der Waals surface area contributed by atoms with Gasteiger partial charge in [0.2, 0.25) is 0 Å². The maximum Gasteiger partial charge on any atom is 0.339 e. The third kappa shape index (κ3) is 4.46. The Labute approximate surface area is 211 Å². The van der Waals surface area contributed by atoms with Gasteiger partial charge in [0.1, 0.15) is 4.90 Å². The summed E-state index contributed by atoms with van der Waals surface area (Å²) < 4.78 is 37.1. The maximum atomic E-state index is 13.1. The molecule has 1 heterocycles. The van der Waals surface area contributed by atoms with Crippen molar-refractivity contribution >= 4 is 21.7 Å². The number of allylic oxidation sites excluding steroid dienone is 4. The Bertz CT molecular complexity index is 1360. The SMILES string of the molecule is CCOc1cc(C2C3=C(CCCC3=O)NC3=C2C(=O)CCC3)ccc1OS(=O)(=O)c1ccc(C)cc1. The summed E-state index contributed by atoms with van der Waals surface area (Å²) in [7, 11) is -4.08. The van der Waals surface area contributed by atoms with E-state index in [4.69, 9.17) is 8.92 Å². The normalized spacial score (nSPS) is 18.5. The fourth-order valence-electron chi connectivity index (χ4n) is 5.23. The first kappa shape index (κ1) is 24.3. The Morgan fingerprint density at radius 3 is 2.06 bits per heavy atom. The lowest BCUT2D eigenvalue weighted by atomic mass is 9.71. The molecule has 1 aliphatic heterocycles. The highest BCUT2D eigenvalue weighted by Crippen LogP contribution is 2.46. The molecular weight excluding hydrogens is 478 g/mol. The summed E-state index contributed by atoms with van der Waals surface area (Å²) in [4.78, 5) is 26.2. The van der Waals surface area contributed by atoms with E-state index in [-0.39, 0.29) is 34.6 Å². The molecule has 0 spiro atoms. The van der Waals surface area contributed by atoms with Crippen molar-refractivity contribution in [1.29, 1.82) is 0 Å². The van der Waals surface area contributed by atoms with Crippen molar-refractivity contribution in [1.82, 2.24) is 5.32 Å². The third-order valence-electron chi connectivity index (χ3n) is 6.90. The highest BCUT2D eigenvalue weighted by molar-refractivity contribution is 7.87. The second-order valence-corrected chi connectivity index (χ2v) is 10.9. The molecule has 0 unspecified atom stereocenters. The molecule has 0 bridgehead atoms. The number of ketones is 2. The van der Waals surface area contributed by atoms with E-state index in [1.54, 1.807) is 37.3 Å². The van der Waals surface area contributed by atoms with Crippen LogP contribution in [0.5, 0.6) is 11.5 Å². The van der Waals surface area contributed by atoms with E-state index in [0.717, 1.165) is 42.6 Å². The van der Waals surface area contributed by atoms with Crippen molar-refractivity contribution in [3.63, 3.8) is 0 Å². The van der Waals surface area contributed by atoms with Crippen molar-refractivity contribution in [3.05, 3.63) is 76.1 Å². The van der Waals surface area contributed by atoms with Gasteiger partial charge >= 0.3 is 10.1 Å². The highest BCUT2D eigenvalue weighted by Gasteiger charge is 2.40. The van der Waals surface area contributed by atoms with Crippen LogP contribution in [0.2, 0.25) is 0 Å². The van der Waals surface area contributed by atoms with Crippen LogP contribution < -0.4 is 14.2 Å². The van der Waals surface area contributed by atoms with Crippen molar-refractivity contribution in [2.75, 3.05) is 6.61 Å². The summed E-state index contributed by atoms with van der Waals surface area (Å²) in [5, 5.41) is 3.40. The molecule has 2 aliphatic carbocycles. The Kier molecular flexibility index (Phi) is 6.47. The molecule has 0 amide bonds. The van der Waals surface area contributed by atoms with Crippen LogP contribution in [0, 0.1) is 6.92 Å². The first-order chi connectivity index (χ1) is 17.3. The van der Waals surface area contributed by atoms with Crippen LogP contribution in [-0.2, 0) is 19.7 Å². The molecule has 0 saturated carbocycles. The van der Waals surface area contributed by atoms with Crippen molar-refractivity contribution < 1.29 is 26.9 Å². The fraction of sp³-hybridized carbons (Fsp3) is 0.357. The summed E-state index contributed by atoms with van der Waals surface area (Å²) in [6.45, 7) is 3.96. The van der Waals surface area contributed by atoms with Gasteiger partial charge in [0.15, 0.2) is 23.1 Å². The molecule has 0 saturated heterocycles. The third-order valence-corrected chi connectivity index (χ3v) is 8.15. The van der Waals surface area contributed by atoms with Gasteiger partial charge in [-0.05, 0) is 69.4 Å². The zero-order valence-electron chi connectivity index (χ0n) is 20.4. The summed E-state index contributed by atoms with van der Waals surface area (Å²) >= 11 is 0. The molecule has 2 aromatic carbocycles. The molecule has 0 radical (unpaired) electrons. The van der Waals surface area contributed by atoms with Crippen LogP contribution in [0.1, 0.15) is 62.5 Å². The Morgan fingerprint density at radius 1 is 0.861 bits per heavy atom. The van der Waals surface area contributed by atoms with Gasteiger partial charge in [0.05, 0.1) is 6.61 Å². The molecule has 188 valence electrons. The number of hydrogen-bond acceptors (Lipinski definition) is 7. The summed E-state index contributed by atoms with van der Waals surface area (Å²) in [5.74, 6) is -0.111. The molecule has 3 aliphatic rings. The number of carbonyl (C=O) groups is 2. The van der Waals surface area contributed by atoms with Crippen LogP contribution in [0.4, 0.5) is 0 Å².